The van der Waals surface area contributed by atoms with Crippen LogP contribution in [0.1, 0.15) is 25.0 Å². The lowest BCUT2D eigenvalue weighted by molar-refractivity contribution is 0.592. The Hall–Kier alpha value is -1.47. The minimum Gasteiger partial charge on any atom is -0.324 e. The van der Waals surface area contributed by atoms with Crippen molar-refractivity contribution in [3.8, 4) is 0 Å². The fraction of sp³-hybridized carbons (Fsp3) is 0.455. The average molecular weight is 264 g/mol. The van der Waals surface area contributed by atoms with Gasteiger partial charge in [-0.25, -0.2) is 9.97 Å². The molecule has 6 nitrogen and oxygen atoms in total. The van der Waals surface area contributed by atoms with E-state index in [1.807, 2.05) is 0 Å². The van der Waals surface area contributed by atoms with E-state index in [1.165, 1.54) is 0 Å². The molecule has 0 fully saturated rings. The van der Waals surface area contributed by atoms with E-state index in [0.717, 1.165) is 29.8 Å². The Morgan fingerprint density at radius 3 is 2.72 bits per heavy atom. The molecule has 0 atom stereocenters. The van der Waals surface area contributed by atoms with Crippen LogP contribution in [0.5, 0.6) is 0 Å². The molecule has 0 saturated carbocycles. The van der Waals surface area contributed by atoms with Gasteiger partial charge in [-0.3, -0.25) is 0 Å². The number of nitrogens with two attached hydrogens (primary N) is 1. The van der Waals surface area contributed by atoms with E-state index < -0.39 is 0 Å². The van der Waals surface area contributed by atoms with Gasteiger partial charge in [0.25, 0.3) is 0 Å². The van der Waals surface area contributed by atoms with Crippen LogP contribution in [0.4, 0.5) is 0 Å². The molecule has 0 bridgehead atoms. The predicted molar refractivity (Wildman–Crippen MR) is 69.8 cm³/mol. The lowest BCUT2D eigenvalue weighted by Gasteiger charge is -2.06. The van der Waals surface area contributed by atoms with Crippen LogP contribution in [-0.2, 0) is 18.8 Å². The number of rotatable bonds is 6. The van der Waals surface area contributed by atoms with Crippen molar-refractivity contribution in [2.24, 2.45) is 5.73 Å². The third kappa shape index (κ3) is 3.05. The summed E-state index contributed by atoms with van der Waals surface area (Å²) < 4.78 is 2.06. The summed E-state index contributed by atoms with van der Waals surface area (Å²) in [6.07, 6.45) is 4.51. The molecule has 0 spiro atoms. The highest BCUT2D eigenvalue weighted by Gasteiger charge is 2.11. The Morgan fingerprint density at radius 1 is 1.28 bits per heavy atom. The SMILES string of the molecule is CCCn1c(CN)nnc1SCc1ncccn1. The van der Waals surface area contributed by atoms with Gasteiger partial charge in [-0.05, 0) is 12.5 Å². The molecule has 2 rings (SSSR count). The Bertz CT molecular complexity index is 484. The monoisotopic (exact) mass is 264 g/mol. The van der Waals surface area contributed by atoms with Crippen LogP contribution >= 0.6 is 11.8 Å². The van der Waals surface area contributed by atoms with Gasteiger partial charge in [-0.1, -0.05) is 18.7 Å². The number of hydrogen-bond donors (Lipinski definition) is 1. The van der Waals surface area contributed by atoms with Crippen molar-refractivity contribution in [1.82, 2.24) is 24.7 Å². The van der Waals surface area contributed by atoms with Crippen molar-refractivity contribution in [2.45, 2.75) is 37.3 Å². The summed E-state index contributed by atoms with van der Waals surface area (Å²) >= 11 is 1.59. The number of hydrogen-bond acceptors (Lipinski definition) is 6. The number of aromatic nitrogens is 5. The fourth-order valence-corrected chi connectivity index (χ4v) is 2.42. The van der Waals surface area contributed by atoms with Crippen molar-refractivity contribution >= 4 is 11.8 Å². The normalized spacial score (nSPS) is 10.8. The summed E-state index contributed by atoms with van der Waals surface area (Å²) in [6.45, 7) is 3.42. The van der Waals surface area contributed by atoms with Crippen LogP contribution in [0.3, 0.4) is 0 Å². The second-order valence-corrected chi connectivity index (χ2v) is 4.65. The molecule has 0 radical (unpaired) electrons. The van der Waals surface area contributed by atoms with Crippen LogP contribution in [0.2, 0.25) is 0 Å². The lowest BCUT2D eigenvalue weighted by atomic mass is 10.4. The van der Waals surface area contributed by atoms with Gasteiger partial charge >= 0.3 is 0 Å². The summed E-state index contributed by atoms with van der Waals surface area (Å²) in [5.41, 5.74) is 5.64. The molecule has 0 saturated heterocycles. The molecule has 0 amide bonds. The maximum absolute atomic E-state index is 5.64. The predicted octanol–water partition coefficient (Wildman–Crippen LogP) is 1.23. The molecule has 2 aromatic rings. The molecule has 0 aliphatic rings. The largest absolute Gasteiger partial charge is 0.324 e. The van der Waals surface area contributed by atoms with Crippen molar-refractivity contribution in [1.29, 1.82) is 0 Å². The molecular weight excluding hydrogens is 248 g/mol. The fourth-order valence-electron chi connectivity index (χ4n) is 1.56. The van der Waals surface area contributed by atoms with Gasteiger partial charge < -0.3 is 10.3 Å². The van der Waals surface area contributed by atoms with Gasteiger partial charge in [0.05, 0.1) is 12.3 Å². The number of thioether (sulfide) groups is 1. The van der Waals surface area contributed by atoms with Gasteiger partial charge in [0, 0.05) is 18.9 Å². The van der Waals surface area contributed by atoms with E-state index in [1.54, 1.807) is 30.2 Å². The first-order valence-corrected chi connectivity index (χ1v) is 6.84. The first-order chi connectivity index (χ1) is 8.85. The zero-order valence-electron chi connectivity index (χ0n) is 10.3. The molecule has 2 heterocycles. The maximum Gasteiger partial charge on any atom is 0.191 e. The summed E-state index contributed by atoms with van der Waals surface area (Å²) in [6, 6.07) is 1.81. The second-order valence-electron chi connectivity index (χ2n) is 3.71. The molecule has 2 aromatic heterocycles. The molecule has 0 unspecified atom stereocenters. The minimum absolute atomic E-state index is 0.412. The van der Waals surface area contributed by atoms with E-state index in [0.29, 0.717) is 12.3 Å². The molecule has 0 aliphatic heterocycles. The molecule has 2 N–H and O–H groups in total. The smallest absolute Gasteiger partial charge is 0.191 e. The standard InChI is InChI=1S/C11H16N6S/c1-2-6-17-10(7-12)15-16-11(17)18-8-9-13-4-3-5-14-9/h3-5H,2,6-8,12H2,1H3. The third-order valence-electron chi connectivity index (χ3n) is 2.37. The Morgan fingerprint density at radius 2 is 2.06 bits per heavy atom. The molecule has 96 valence electrons. The Labute approximate surface area is 110 Å². The Kier molecular flexibility index (Phi) is 4.66. The van der Waals surface area contributed by atoms with Gasteiger partial charge in [0.1, 0.15) is 11.6 Å². The van der Waals surface area contributed by atoms with E-state index in [2.05, 4.69) is 31.7 Å². The molecule has 7 heteroatoms. The van der Waals surface area contributed by atoms with Crippen LogP contribution in [0, 0.1) is 0 Å². The van der Waals surface area contributed by atoms with Crippen LogP contribution < -0.4 is 5.73 Å². The summed E-state index contributed by atoms with van der Waals surface area (Å²) in [7, 11) is 0. The van der Waals surface area contributed by atoms with E-state index in [9.17, 15) is 0 Å². The van der Waals surface area contributed by atoms with Crippen molar-refractivity contribution < 1.29 is 0 Å². The summed E-state index contributed by atoms with van der Waals surface area (Å²) in [5, 5.41) is 9.13. The minimum atomic E-state index is 0.412. The highest BCUT2D eigenvalue weighted by Crippen LogP contribution is 2.20. The van der Waals surface area contributed by atoms with Crippen molar-refractivity contribution in [3.63, 3.8) is 0 Å². The van der Waals surface area contributed by atoms with Gasteiger partial charge in [-0.2, -0.15) is 0 Å². The van der Waals surface area contributed by atoms with Crippen molar-refractivity contribution in [2.75, 3.05) is 0 Å². The highest BCUT2D eigenvalue weighted by atomic mass is 32.2. The molecule has 0 aliphatic carbocycles. The van der Waals surface area contributed by atoms with Crippen molar-refractivity contribution in [3.05, 3.63) is 30.1 Å². The quantitative estimate of drug-likeness (QED) is 0.790. The van der Waals surface area contributed by atoms with E-state index in [-0.39, 0.29) is 0 Å². The van der Waals surface area contributed by atoms with Gasteiger partial charge in [0.15, 0.2) is 5.16 Å². The molecular formula is C11H16N6S. The molecule has 0 aromatic carbocycles. The third-order valence-corrected chi connectivity index (χ3v) is 3.34. The summed E-state index contributed by atoms with van der Waals surface area (Å²) in [4.78, 5) is 8.36. The maximum atomic E-state index is 5.64. The zero-order valence-corrected chi connectivity index (χ0v) is 11.1. The van der Waals surface area contributed by atoms with Crippen LogP contribution in [-0.4, -0.2) is 24.7 Å². The molecule has 18 heavy (non-hydrogen) atoms. The Balaban J connectivity index is 2.07. The van der Waals surface area contributed by atoms with Gasteiger partial charge in [-0.15, -0.1) is 10.2 Å². The summed E-state index contributed by atoms with van der Waals surface area (Å²) in [5.74, 6) is 2.31. The van der Waals surface area contributed by atoms with E-state index >= 15 is 0 Å². The first-order valence-electron chi connectivity index (χ1n) is 5.86. The van der Waals surface area contributed by atoms with Gasteiger partial charge in [0.2, 0.25) is 0 Å². The average Bonchev–Trinajstić information content (AvgIpc) is 2.80. The van der Waals surface area contributed by atoms with Crippen LogP contribution in [0.25, 0.3) is 0 Å². The highest BCUT2D eigenvalue weighted by molar-refractivity contribution is 7.98. The van der Waals surface area contributed by atoms with E-state index in [4.69, 9.17) is 5.73 Å². The topological polar surface area (TPSA) is 82.5 Å². The zero-order chi connectivity index (χ0) is 12.8. The second kappa shape index (κ2) is 6.46. The first kappa shape index (κ1) is 13.0. The van der Waals surface area contributed by atoms with Crippen LogP contribution in [0.15, 0.2) is 23.6 Å². The number of nitrogens with zero attached hydrogens (tertiary/aromatic N) is 5. The lowest BCUT2D eigenvalue weighted by Crippen LogP contribution is -2.09.